The first-order valence-electron chi connectivity index (χ1n) is 8.61. The van der Waals surface area contributed by atoms with Crippen LogP contribution in [-0.4, -0.2) is 18.0 Å². The number of halogens is 1. The van der Waals surface area contributed by atoms with E-state index in [2.05, 4.69) is 12.2 Å². The molecule has 0 saturated heterocycles. The molecule has 5 rings (SSSR count). The zero-order chi connectivity index (χ0) is 13.9. The van der Waals surface area contributed by atoms with Crippen LogP contribution in [0.25, 0.3) is 0 Å². The Morgan fingerprint density at radius 2 is 1.62 bits per heavy atom. The SMILES string of the molecule is CC(CN)(NC(=O)C1C2CC3CC(C2)CC1C3)C1CC1.Cl. The number of nitrogens with two attached hydrogens (primary N) is 1. The maximum Gasteiger partial charge on any atom is 0.224 e. The number of nitrogens with one attached hydrogen (secondary N) is 1. The molecule has 4 bridgehead atoms. The number of hydrogen-bond donors (Lipinski definition) is 2. The van der Waals surface area contributed by atoms with Gasteiger partial charge in [0.1, 0.15) is 0 Å². The summed E-state index contributed by atoms with van der Waals surface area (Å²) in [5.74, 6) is 4.47. The molecule has 3 nitrogen and oxygen atoms in total. The number of carbonyl (C=O) groups is 1. The molecule has 21 heavy (non-hydrogen) atoms. The van der Waals surface area contributed by atoms with Crippen LogP contribution in [0.1, 0.15) is 51.9 Å². The standard InChI is InChI=1S/C17H28N2O.ClH/c1-17(9-18,14-2-3-14)19-16(20)15-12-5-10-4-11(7-12)8-13(15)6-10;/h10-15H,2-9,18H2,1H3,(H,19,20);1H. The van der Waals surface area contributed by atoms with E-state index in [4.69, 9.17) is 5.73 Å². The molecule has 4 heteroatoms. The van der Waals surface area contributed by atoms with Crippen molar-refractivity contribution in [2.45, 2.75) is 57.4 Å². The second-order valence-corrected chi connectivity index (χ2v) is 8.34. The van der Waals surface area contributed by atoms with Crippen molar-refractivity contribution in [3.8, 4) is 0 Å². The fraction of sp³-hybridized carbons (Fsp3) is 0.941. The lowest BCUT2D eigenvalue weighted by molar-refractivity contribution is -0.140. The predicted molar refractivity (Wildman–Crippen MR) is 86.1 cm³/mol. The Hall–Kier alpha value is -0.280. The van der Waals surface area contributed by atoms with Crippen molar-refractivity contribution in [1.29, 1.82) is 0 Å². The topological polar surface area (TPSA) is 55.1 Å². The Kier molecular flexibility index (Phi) is 4.03. The summed E-state index contributed by atoms with van der Waals surface area (Å²) < 4.78 is 0. The van der Waals surface area contributed by atoms with Gasteiger partial charge in [0, 0.05) is 12.5 Å². The van der Waals surface area contributed by atoms with Gasteiger partial charge in [-0.3, -0.25) is 4.79 Å². The van der Waals surface area contributed by atoms with Crippen molar-refractivity contribution in [2.75, 3.05) is 6.54 Å². The van der Waals surface area contributed by atoms with E-state index in [1.165, 1.54) is 44.9 Å². The molecule has 5 aliphatic rings. The van der Waals surface area contributed by atoms with Crippen LogP contribution >= 0.6 is 12.4 Å². The van der Waals surface area contributed by atoms with Gasteiger partial charge in [0.25, 0.3) is 0 Å². The lowest BCUT2D eigenvalue weighted by Crippen LogP contribution is -2.58. The molecule has 0 aromatic carbocycles. The molecule has 0 spiro atoms. The molecule has 0 radical (unpaired) electrons. The average Bonchev–Trinajstić information content (AvgIpc) is 3.21. The highest BCUT2D eigenvalue weighted by Gasteiger charge is 2.52. The number of amides is 1. The van der Waals surface area contributed by atoms with Crippen LogP contribution in [0.4, 0.5) is 0 Å². The van der Waals surface area contributed by atoms with E-state index in [9.17, 15) is 4.79 Å². The summed E-state index contributed by atoms with van der Waals surface area (Å²) in [6.07, 6.45) is 9.17. The van der Waals surface area contributed by atoms with E-state index in [0.717, 1.165) is 11.8 Å². The summed E-state index contributed by atoms with van der Waals surface area (Å²) in [6, 6.07) is 0. The Balaban J connectivity index is 0.00000132. The first-order valence-corrected chi connectivity index (χ1v) is 8.61. The van der Waals surface area contributed by atoms with Gasteiger partial charge in [0.15, 0.2) is 0 Å². The molecule has 0 aromatic rings. The smallest absolute Gasteiger partial charge is 0.224 e. The predicted octanol–water partition coefficient (Wildman–Crippen LogP) is 2.72. The molecule has 120 valence electrons. The van der Waals surface area contributed by atoms with Gasteiger partial charge in [-0.25, -0.2) is 0 Å². The van der Waals surface area contributed by atoms with Crippen molar-refractivity contribution >= 4 is 18.3 Å². The summed E-state index contributed by atoms with van der Waals surface area (Å²) in [7, 11) is 0. The minimum absolute atomic E-state index is 0. The average molecular weight is 313 g/mol. The fourth-order valence-corrected chi connectivity index (χ4v) is 5.76. The van der Waals surface area contributed by atoms with Crippen molar-refractivity contribution in [3.63, 3.8) is 0 Å². The van der Waals surface area contributed by atoms with E-state index in [0.29, 0.717) is 36.1 Å². The third-order valence-electron chi connectivity index (χ3n) is 6.84. The summed E-state index contributed by atoms with van der Waals surface area (Å²) >= 11 is 0. The van der Waals surface area contributed by atoms with Gasteiger partial charge in [-0.05, 0) is 81.5 Å². The molecular weight excluding hydrogens is 284 g/mol. The van der Waals surface area contributed by atoms with Crippen molar-refractivity contribution in [2.24, 2.45) is 41.2 Å². The van der Waals surface area contributed by atoms with Crippen LogP contribution in [0.3, 0.4) is 0 Å². The zero-order valence-corrected chi connectivity index (χ0v) is 13.8. The summed E-state index contributed by atoms with van der Waals surface area (Å²) in [4.78, 5) is 12.9. The zero-order valence-electron chi connectivity index (χ0n) is 13.0. The molecule has 1 amide bonds. The molecule has 1 unspecified atom stereocenters. The van der Waals surface area contributed by atoms with E-state index >= 15 is 0 Å². The molecule has 5 fully saturated rings. The highest BCUT2D eigenvalue weighted by Crippen LogP contribution is 2.56. The first-order chi connectivity index (χ1) is 9.59. The molecule has 5 saturated carbocycles. The van der Waals surface area contributed by atoms with E-state index < -0.39 is 0 Å². The minimum Gasteiger partial charge on any atom is -0.349 e. The molecular formula is C17H29ClN2O. The normalized spacial score (nSPS) is 43.0. The maximum absolute atomic E-state index is 12.9. The Labute approximate surface area is 134 Å². The fourth-order valence-electron chi connectivity index (χ4n) is 5.76. The highest BCUT2D eigenvalue weighted by atomic mass is 35.5. The minimum atomic E-state index is -0.147. The number of rotatable bonds is 4. The third kappa shape index (κ3) is 2.61. The van der Waals surface area contributed by atoms with E-state index in [1.807, 2.05) is 0 Å². The molecule has 0 heterocycles. The van der Waals surface area contributed by atoms with E-state index in [-0.39, 0.29) is 17.9 Å². The quantitative estimate of drug-likeness (QED) is 0.838. The lowest BCUT2D eigenvalue weighted by Gasteiger charge is -2.54. The number of hydrogen-bond acceptors (Lipinski definition) is 2. The second kappa shape index (κ2) is 5.42. The van der Waals surface area contributed by atoms with Gasteiger partial charge < -0.3 is 11.1 Å². The summed E-state index contributed by atoms with van der Waals surface area (Å²) in [5.41, 5.74) is 5.81. The molecule has 5 aliphatic carbocycles. The Morgan fingerprint density at radius 1 is 1.10 bits per heavy atom. The number of carbonyl (C=O) groups excluding carboxylic acids is 1. The Bertz CT molecular complexity index is 395. The lowest BCUT2D eigenvalue weighted by atomic mass is 9.51. The largest absolute Gasteiger partial charge is 0.349 e. The van der Waals surface area contributed by atoms with Crippen LogP contribution in [0, 0.1) is 35.5 Å². The van der Waals surface area contributed by atoms with Crippen LogP contribution in [-0.2, 0) is 4.79 Å². The van der Waals surface area contributed by atoms with Gasteiger partial charge in [-0.1, -0.05) is 0 Å². The van der Waals surface area contributed by atoms with Crippen molar-refractivity contribution in [1.82, 2.24) is 5.32 Å². The van der Waals surface area contributed by atoms with Gasteiger partial charge in [0.05, 0.1) is 5.54 Å². The van der Waals surface area contributed by atoms with Gasteiger partial charge in [-0.15, -0.1) is 12.4 Å². The Morgan fingerprint density at radius 3 is 2.05 bits per heavy atom. The molecule has 0 aliphatic heterocycles. The van der Waals surface area contributed by atoms with Crippen LogP contribution < -0.4 is 11.1 Å². The molecule has 1 atom stereocenters. The molecule has 3 N–H and O–H groups in total. The van der Waals surface area contributed by atoms with Gasteiger partial charge in [0.2, 0.25) is 5.91 Å². The maximum atomic E-state index is 12.9. The third-order valence-corrected chi connectivity index (χ3v) is 6.84. The van der Waals surface area contributed by atoms with E-state index in [1.54, 1.807) is 0 Å². The summed E-state index contributed by atoms with van der Waals surface area (Å²) in [6.45, 7) is 2.73. The monoisotopic (exact) mass is 312 g/mol. The van der Waals surface area contributed by atoms with Crippen LogP contribution in [0.5, 0.6) is 0 Å². The van der Waals surface area contributed by atoms with Crippen LogP contribution in [0.15, 0.2) is 0 Å². The van der Waals surface area contributed by atoms with Crippen molar-refractivity contribution < 1.29 is 4.79 Å². The van der Waals surface area contributed by atoms with Gasteiger partial charge >= 0.3 is 0 Å². The van der Waals surface area contributed by atoms with Crippen molar-refractivity contribution in [3.05, 3.63) is 0 Å². The summed E-state index contributed by atoms with van der Waals surface area (Å²) in [5, 5.41) is 3.37. The first kappa shape index (κ1) is 15.6. The molecule has 0 aromatic heterocycles. The van der Waals surface area contributed by atoms with Crippen LogP contribution in [0.2, 0.25) is 0 Å². The second-order valence-electron chi connectivity index (χ2n) is 8.34. The highest BCUT2D eigenvalue weighted by molar-refractivity contribution is 5.85. The van der Waals surface area contributed by atoms with Gasteiger partial charge in [-0.2, -0.15) is 0 Å².